The summed E-state index contributed by atoms with van der Waals surface area (Å²) < 4.78 is 6.58. The van der Waals surface area contributed by atoms with Gasteiger partial charge < -0.3 is 9.84 Å². The first kappa shape index (κ1) is 11.2. The lowest BCUT2D eigenvalue weighted by Gasteiger charge is -2.06. The Labute approximate surface area is 98.3 Å². The Morgan fingerprint density at radius 2 is 2.18 bits per heavy atom. The van der Waals surface area contributed by atoms with Crippen molar-refractivity contribution < 1.29 is 14.6 Å². The van der Waals surface area contributed by atoms with E-state index >= 15 is 0 Å². The van der Waals surface area contributed by atoms with Crippen LogP contribution < -0.4 is 4.74 Å². The molecule has 1 N–H and O–H groups in total. The van der Waals surface area contributed by atoms with E-state index in [0.717, 1.165) is 11.3 Å². The molecule has 0 saturated carbocycles. The van der Waals surface area contributed by atoms with E-state index in [0.29, 0.717) is 5.88 Å². The Morgan fingerprint density at radius 3 is 2.76 bits per heavy atom. The van der Waals surface area contributed by atoms with Crippen molar-refractivity contribution in [2.24, 2.45) is 0 Å². The van der Waals surface area contributed by atoms with E-state index in [4.69, 9.17) is 9.84 Å². The van der Waals surface area contributed by atoms with E-state index < -0.39 is 5.97 Å². The highest BCUT2D eigenvalue weighted by molar-refractivity contribution is 5.85. The second-order valence-corrected chi connectivity index (χ2v) is 3.63. The van der Waals surface area contributed by atoms with Gasteiger partial charge in [-0.3, -0.25) is 0 Å². The highest BCUT2D eigenvalue weighted by atomic mass is 16.5. The summed E-state index contributed by atoms with van der Waals surface area (Å²) in [4.78, 5) is 10.8. The van der Waals surface area contributed by atoms with Crippen LogP contribution in [0.2, 0.25) is 0 Å². The number of aryl methyl sites for hydroxylation is 1. The van der Waals surface area contributed by atoms with E-state index in [1.807, 2.05) is 31.2 Å². The summed E-state index contributed by atoms with van der Waals surface area (Å²) in [5, 5.41) is 12.9. The van der Waals surface area contributed by atoms with Crippen LogP contribution >= 0.6 is 0 Å². The van der Waals surface area contributed by atoms with Gasteiger partial charge >= 0.3 is 5.97 Å². The largest absolute Gasteiger partial charge is 0.481 e. The molecule has 1 aromatic carbocycles. The molecule has 0 amide bonds. The maximum absolute atomic E-state index is 10.8. The molecule has 0 bridgehead atoms. The normalized spacial score (nSPS) is 10.2. The van der Waals surface area contributed by atoms with Crippen LogP contribution in [0.3, 0.4) is 0 Å². The molecular formula is C12H12N2O3. The molecule has 0 fully saturated rings. The minimum absolute atomic E-state index is 0.0386. The molecule has 1 aromatic heterocycles. The lowest BCUT2D eigenvalue weighted by molar-refractivity contribution is 0.0690. The lowest BCUT2D eigenvalue weighted by atomic mass is 10.2. The molecule has 1 heterocycles. The van der Waals surface area contributed by atoms with Gasteiger partial charge in [-0.1, -0.05) is 12.1 Å². The number of carboxylic acids is 1. The molecule has 0 saturated heterocycles. The van der Waals surface area contributed by atoms with Gasteiger partial charge in [-0.05, 0) is 24.6 Å². The molecule has 88 valence electrons. The minimum Gasteiger partial charge on any atom is -0.481 e. The third kappa shape index (κ3) is 2.13. The topological polar surface area (TPSA) is 64.3 Å². The van der Waals surface area contributed by atoms with Crippen molar-refractivity contribution in [3.8, 4) is 11.6 Å². The molecule has 0 spiro atoms. The average molecular weight is 232 g/mol. The van der Waals surface area contributed by atoms with Gasteiger partial charge in [0.05, 0.1) is 12.8 Å². The van der Waals surface area contributed by atoms with Gasteiger partial charge in [0.1, 0.15) is 0 Å². The van der Waals surface area contributed by atoms with Crippen LogP contribution in [0.5, 0.6) is 5.88 Å². The summed E-state index contributed by atoms with van der Waals surface area (Å²) in [6, 6.07) is 8.98. The first-order valence-corrected chi connectivity index (χ1v) is 5.06. The molecule has 0 aliphatic rings. The standard InChI is InChI=1S/C12H12N2O3/c1-8-4-3-5-9(6-8)14-11(17-2)7-10(13-14)12(15)16/h3-7H,1-2H3,(H,15,16). The Morgan fingerprint density at radius 1 is 1.41 bits per heavy atom. The third-order valence-corrected chi connectivity index (χ3v) is 2.35. The average Bonchev–Trinajstić information content (AvgIpc) is 2.73. The SMILES string of the molecule is COc1cc(C(=O)O)nn1-c1cccc(C)c1. The van der Waals surface area contributed by atoms with Crippen molar-refractivity contribution in [1.82, 2.24) is 9.78 Å². The second kappa shape index (κ2) is 4.29. The smallest absolute Gasteiger partial charge is 0.356 e. The zero-order valence-electron chi connectivity index (χ0n) is 9.54. The maximum Gasteiger partial charge on any atom is 0.356 e. The van der Waals surface area contributed by atoms with E-state index in [9.17, 15) is 4.79 Å². The number of carbonyl (C=O) groups is 1. The van der Waals surface area contributed by atoms with Crippen LogP contribution in [0.15, 0.2) is 30.3 Å². The number of hydrogen-bond acceptors (Lipinski definition) is 3. The van der Waals surface area contributed by atoms with Gasteiger partial charge in [0.15, 0.2) is 5.69 Å². The van der Waals surface area contributed by atoms with Crippen molar-refractivity contribution in [1.29, 1.82) is 0 Å². The third-order valence-electron chi connectivity index (χ3n) is 2.35. The van der Waals surface area contributed by atoms with Crippen LogP contribution in [0.25, 0.3) is 5.69 Å². The molecule has 0 atom stereocenters. The summed E-state index contributed by atoms with van der Waals surface area (Å²) in [7, 11) is 1.48. The van der Waals surface area contributed by atoms with Crippen LogP contribution in [-0.4, -0.2) is 28.0 Å². The fourth-order valence-electron chi connectivity index (χ4n) is 1.56. The fourth-order valence-corrected chi connectivity index (χ4v) is 1.56. The van der Waals surface area contributed by atoms with Gasteiger partial charge in [-0.25, -0.2) is 9.48 Å². The van der Waals surface area contributed by atoms with Crippen molar-refractivity contribution in [3.63, 3.8) is 0 Å². The molecule has 5 heteroatoms. The number of ether oxygens (including phenoxy) is 1. The first-order chi connectivity index (χ1) is 8.11. The Kier molecular flexibility index (Phi) is 2.82. The highest BCUT2D eigenvalue weighted by Gasteiger charge is 2.14. The minimum atomic E-state index is -1.07. The predicted molar refractivity (Wildman–Crippen MR) is 61.8 cm³/mol. The summed E-state index contributed by atoms with van der Waals surface area (Å²) in [6.45, 7) is 1.96. The van der Waals surface area contributed by atoms with Crippen LogP contribution in [0, 0.1) is 6.92 Å². The van der Waals surface area contributed by atoms with Crippen molar-refractivity contribution in [3.05, 3.63) is 41.6 Å². The number of carboxylic acid groups (broad SMARTS) is 1. The summed E-state index contributed by atoms with van der Waals surface area (Å²) in [6.07, 6.45) is 0. The van der Waals surface area contributed by atoms with E-state index in [1.54, 1.807) is 0 Å². The van der Waals surface area contributed by atoms with Crippen LogP contribution in [-0.2, 0) is 0 Å². The number of rotatable bonds is 3. The number of benzene rings is 1. The summed E-state index contributed by atoms with van der Waals surface area (Å²) >= 11 is 0. The zero-order chi connectivity index (χ0) is 12.4. The quantitative estimate of drug-likeness (QED) is 0.877. The van der Waals surface area contributed by atoms with E-state index in [1.165, 1.54) is 17.9 Å². The highest BCUT2D eigenvalue weighted by Crippen LogP contribution is 2.19. The monoisotopic (exact) mass is 232 g/mol. The summed E-state index contributed by atoms with van der Waals surface area (Å²) in [5.74, 6) is -0.678. The zero-order valence-corrected chi connectivity index (χ0v) is 9.54. The Balaban J connectivity index is 2.54. The first-order valence-electron chi connectivity index (χ1n) is 5.06. The second-order valence-electron chi connectivity index (χ2n) is 3.63. The molecule has 2 aromatic rings. The van der Waals surface area contributed by atoms with Gasteiger partial charge in [0, 0.05) is 6.07 Å². The number of aromatic carboxylic acids is 1. The van der Waals surface area contributed by atoms with Crippen molar-refractivity contribution in [2.45, 2.75) is 6.92 Å². The molecule has 0 unspecified atom stereocenters. The number of methoxy groups -OCH3 is 1. The lowest BCUT2D eigenvalue weighted by Crippen LogP contribution is -2.02. The van der Waals surface area contributed by atoms with Crippen LogP contribution in [0.1, 0.15) is 16.1 Å². The van der Waals surface area contributed by atoms with Crippen molar-refractivity contribution in [2.75, 3.05) is 7.11 Å². The Hall–Kier alpha value is -2.30. The maximum atomic E-state index is 10.8. The fraction of sp³-hybridized carbons (Fsp3) is 0.167. The molecule has 0 aliphatic carbocycles. The van der Waals surface area contributed by atoms with E-state index in [-0.39, 0.29) is 5.69 Å². The number of aromatic nitrogens is 2. The Bertz CT molecular complexity index is 561. The molecule has 0 aliphatic heterocycles. The molecule has 17 heavy (non-hydrogen) atoms. The molecule has 5 nitrogen and oxygen atoms in total. The predicted octanol–water partition coefficient (Wildman–Crippen LogP) is 1.89. The summed E-state index contributed by atoms with van der Waals surface area (Å²) in [5.41, 5.74) is 1.80. The van der Waals surface area contributed by atoms with Crippen molar-refractivity contribution >= 4 is 5.97 Å². The number of hydrogen-bond donors (Lipinski definition) is 1. The van der Waals surface area contributed by atoms with Gasteiger partial charge in [0.25, 0.3) is 0 Å². The van der Waals surface area contributed by atoms with Gasteiger partial charge in [0.2, 0.25) is 5.88 Å². The molecule has 2 rings (SSSR count). The number of nitrogens with zero attached hydrogens (tertiary/aromatic N) is 2. The molecular weight excluding hydrogens is 220 g/mol. The van der Waals surface area contributed by atoms with Gasteiger partial charge in [-0.2, -0.15) is 5.10 Å². The van der Waals surface area contributed by atoms with E-state index in [2.05, 4.69) is 5.10 Å². The molecule has 0 radical (unpaired) electrons. The van der Waals surface area contributed by atoms with Crippen LogP contribution in [0.4, 0.5) is 0 Å². The van der Waals surface area contributed by atoms with Gasteiger partial charge in [-0.15, -0.1) is 0 Å².